The van der Waals surface area contributed by atoms with Crippen molar-refractivity contribution in [2.45, 2.75) is 17.8 Å². The Kier molecular flexibility index (Phi) is 7.79. The zero-order valence-electron chi connectivity index (χ0n) is 14.6. The fourth-order valence-electron chi connectivity index (χ4n) is 2.61. The smallest absolute Gasteiger partial charge is 0.356 e. The number of thioether (sulfide) groups is 1. The molecule has 1 fully saturated rings. The van der Waals surface area contributed by atoms with Crippen molar-refractivity contribution in [2.24, 2.45) is 0 Å². The summed E-state index contributed by atoms with van der Waals surface area (Å²) in [5, 5.41) is 20.3. The Bertz CT molecular complexity index is 857. The van der Waals surface area contributed by atoms with E-state index in [1.807, 2.05) is 0 Å². The normalized spacial score (nSPS) is 18.9. The fourth-order valence-corrected chi connectivity index (χ4v) is 3.66. The van der Waals surface area contributed by atoms with Gasteiger partial charge in [0.25, 0.3) is 12.4 Å². The molecule has 3 N–H and O–H groups in total. The summed E-state index contributed by atoms with van der Waals surface area (Å²) in [6.07, 6.45) is -0.0993. The molecule has 0 saturated carbocycles. The number of likely N-dealkylation sites (tertiary alicyclic amines) is 1. The van der Waals surface area contributed by atoms with Gasteiger partial charge >= 0.3 is 5.97 Å². The number of carboxylic acids is 1. The Hall–Kier alpha value is -2.86. The summed E-state index contributed by atoms with van der Waals surface area (Å²) in [4.78, 5) is 58.1. The molecular weight excluding hydrogens is 472 g/mol. The summed E-state index contributed by atoms with van der Waals surface area (Å²) < 4.78 is 4.65. The summed E-state index contributed by atoms with van der Waals surface area (Å²) in [6, 6.07) is 4.97. The maximum atomic E-state index is 12.4. The second-order valence-electron chi connectivity index (χ2n) is 5.65. The highest BCUT2D eigenvalue weighted by Crippen LogP contribution is 2.34. The molecule has 0 radical (unpaired) electrons. The summed E-state index contributed by atoms with van der Waals surface area (Å²) in [6.45, 7) is 0.272. The lowest BCUT2D eigenvalue weighted by Gasteiger charge is -2.45. The molecule has 1 saturated heterocycles. The first-order valence-corrected chi connectivity index (χ1v) is 10.0. The molecule has 12 heteroatoms. The van der Waals surface area contributed by atoms with E-state index in [-0.39, 0.29) is 18.2 Å². The topological polar surface area (TPSA) is 150 Å². The van der Waals surface area contributed by atoms with Gasteiger partial charge in [0.15, 0.2) is 11.3 Å². The van der Waals surface area contributed by atoms with Crippen LogP contribution in [0.5, 0.6) is 5.75 Å². The third-order valence-corrected chi connectivity index (χ3v) is 5.27. The van der Waals surface area contributed by atoms with E-state index >= 15 is 0 Å². The summed E-state index contributed by atoms with van der Waals surface area (Å²) in [7, 11) is 0. The van der Waals surface area contributed by atoms with Gasteiger partial charge in [-0.15, -0.1) is 0 Å². The van der Waals surface area contributed by atoms with Crippen molar-refractivity contribution in [3.8, 4) is 5.75 Å². The third kappa shape index (κ3) is 5.15. The lowest BCUT2D eigenvalue weighted by Crippen LogP contribution is -2.69. The zero-order valence-corrected chi connectivity index (χ0v) is 17.0. The number of ether oxygens (including phenoxy) is 1. The number of benzene rings is 1. The minimum Gasteiger partial charge on any atom is -0.509 e. The van der Waals surface area contributed by atoms with Crippen molar-refractivity contribution in [3.63, 3.8) is 0 Å². The lowest BCUT2D eigenvalue weighted by molar-refractivity contribution is -0.150. The average Bonchev–Trinajstić information content (AvgIpc) is 2.70. The maximum Gasteiger partial charge on any atom is 0.356 e. The van der Waals surface area contributed by atoms with Gasteiger partial charge in [0.2, 0.25) is 5.91 Å². The summed E-state index contributed by atoms with van der Waals surface area (Å²) >= 11 is 3.51. The van der Waals surface area contributed by atoms with E-state index in [9.17, 15) is 34.2 Å². The van der Waals surface area contributed by atoms with Crippen LogP contribution in [0.15, 0.2) is 35.7 Å². The molecule has 10 nitrogen and oxygen atoms in total. The minimum atomic E-state index is -1.55. The predicted molar refractivity (Wildman–Crippen MR) is 105 cm³/mol. The van der Waals surface area contributed by atoms with Gasteiger partial charge < -0.3 is 20.3 Å². The van der Waals surface area contributed by atoms with Crippen LogP contribution in [0.4, 0.5) is 0 Å². The molecule has 0 bridgehead atoms. The lowest BCUT2D eigenvalue weighted by atomic mass is 10.0. The number of aliphatic hydroxyl groups is 1. The molecule has 0 aliphatic carbocycles. The van der Waals surface area contributed by atoms with E-state index in [4.69, 9.17) is 0 Å². The predicted octanol–water partition coefficient (Wildman–Crippen LogP) is 0.590. The molecule has 2 unspecified atom stereocenters. The van der Waals surface area contributed by atoms with Crippen LogP contribution >= 0.6 is 27.7 Å². The van der Waals surface area contributed by atoms with Crippen molar-refractivity contribution in [1.82, 2.24) is 10.2 Å². The number of alkyl halides is 1. The molecule has 2 amide bonds. The Morgan fingerprint density at radius 2 is 1.90 bits per heavy atom. The molecule has 1 heterocycles. The molecule has 0 aromatic heterocycles. The first-order chi connectivity index (χ1) is 13.8. The van der Waals surface area contributed by atoms with Gasteiger partial charge in [-0.2, -0.15) is 0 Å². The second kappa shape index (κ2) is 10.1. The van der Waals surface area contributed by atoms with Crippen LogP contribution in [0.25, 0.3) is 0 Å². The van der Waals surface area contributed by atoms with Crippen LogP contribution in [0.2, 0.25) is 0 Å². The number of hydrogen-bond acceptors (Lipinski definition) is 8. The van der Waals surface area contributed by atoms with E-state index in [0.29, 0.717) is 28.7 Å². The number of β-lactam (4-membered cyclic amide) rings is 1. The molecule has 29 heavy (non-hydrogen) atoms. The number of nitrogens with zero attached hydrogens (tertiary/aromatic N) is 1. The van der Waals surface area contributed by atoms with Crippen molar-refractivity contribution in [3.05, 3.63) is 41.3 Å². The van der Waals surface area contributed by atoms with Gasteiger partial charge in [0.05, 0.1) is 11.8 Å². The molecule has 2 rings (SSSR count). The Morgan fingerprint density at radius 1 is 1.24 bits per heavy atom. The SMILES string of the molecule is O=COc1ccc(CC(=O)NC2C(=O)N(C(C(=O)O)=C(O)CBr)C2SC=O)cc1. The molecule has 1 aliphatic rings. The maximum absolute atomic E-state index is 12.4. The number of halogens is 1. The minimum absolute atomic E-state index is 0.0993. The Balaban J connectivity index is 2.10. The number of rotatable bonds is 10. The Morgan fingerprint density at radius 3 is 2.41 bits per heavy atom. The van der Waals surface area contributed by atoms with Crippen LogP contribution in [-0.4, -0.2) is 61.7 Å². The highest BCUT2D eigenvalue weighted by atomic mass is 79.9. The van der Waals surface area contributed by atoms with Crippen LogP contribution in [-0.2, 0) is 30.4 Å². The highest BCUT2D eigenvalue weighted by molar-refractivity contribution is 9.09. The summed E-state index contributed by atoms with van der Waals surface area (Å²) in [5.74, 6) is -3.14. The van der Waals surface area contributed by atoms with Crippen molar-refractivity contribution >= 4 is 57.6 Å². The first-order valence-electron chi connectivity index (χ1n) is 7.96. The molecule has 1 aliphatic heterocycles. The summed E-state index contributed by atoms with van der Waals surface area (Å²) in [5.41, 5.74) is 0.328. The van der Waals surface area contributed by atoms with Gasteiger partial charge in [-0.1, -0.05) is 39.8 Å². The van der Waals surface area contributed by atoms with E-state index in [1.165, 1.54) is 12.1 Å². The molecule has 1 aromatic carbocycles. The number of carbonyl (C=O) groups excluding carboxylic acids is 4. The van der Waals surface area contributed by atoms with Gasteiger partial charge in [0.1, 0.15) is 22.9 Å². The van der Waals surface area contributed by atoms with E-state index in [0.717, 1.165) is 4.90 Å². The number of hydrogen-bond donors (Lipinski definition) is 3. The molecule has 154 valence electrons. The standard InChI is InChI=1S/C17H15BrN2O8S/c18-6-11(23)14(17(26)27)20-15(25)13(16(20)29-8-22)19-12(24)5-9-1-3-10(4-2-9)28-7-21/h1-4,7-8,13,16,23H,5-6H2,(H,19,24)(H,26,27). The number of allylic oxidation sites excluding steroid dienone is 1. The van der Waals surface area contributed by atoms with Crippen LogP contribution in [0.1, 0.15) is 5.56 Å². The molecular formula is C17H15BrN2O8S. The number of amides is 2. The first kappa shape index (κ1) is 22.4. The van der Waals surface area contributed by atoms with Crippen LogP contribution < -0.4 is 10.1 Å². The average molecular weight is 487 g/mol. The van der Waals surface area contributed by atoms with Gasteiger partial charge in [-0.05, 0) is 17.7 Å². The zero-order chi connectivity index (χ0) is 21.6. The fraction of sp³-hybridized carbons (Fsp3) is 0.235. The van der Waals surface area contributed by atoms with E-state index in [1.54, 1.807) is 12.1 Å². The number of aliphatic hydroxyl groups excluding tert-OH is 1. The number of carboxylic acid groups (broad SMARTS) is 1. The largest absolute Gasteiger partial charge is 0.509 e. The number of nitrogens with one attached hydrogen (secondary N) is 1. The van der Waals surface area contributed by atoms with Gasteiger partial charge in [0, 0.05) is 0 Å². The van der Waals surface area contributed by atoms with Gasteiger partial charge in [-0.3, -0.25) is 24.1 Å². The highest BCUT2D eigenvalue weighted by Gasteiger charge is 2.52. The monoisotopic (exact) mass is 486 g/mol. The molecule has 1 aromatic rings. The van der Waals surface area contributed by atoms with E-state index in [2.05, 4.69) is 26.0 Å². The Labute approximate surface area is 177 Å². The van der Waals surface area contributed by atoms with Crippen LogP contribution in [0.3, 0.4) is 0 Å². The third-order valence-electron chi connectivity index (χ3n) is 3.87. The van der Waals surface area contributed by atoms with Crippen molar-refractivity contribution in [2.75, 3.05) is 5.33 Å². The van der Waals surface area contributed by atoms with Crippen molar-refractivity contribution < 1.29 is 38.9 Å². The second-order valence-corrected chi connectivity index (χ2v) is 7.15. The molecule has 0 spiro atoms. The van der Waals surface area contributed by atoms with Crippen LogP contribution in [0, 0.1) is 0 Å². The molecule has 2 atom stereocenters. The quantitative estimate of drug-likeness (QED) is 0.142. The van der Waals surface area contributed by atoms with Crippen molar-refractivity contribution in [1.29, 1.82) is 0 Å². The number of carbonyl (C=O) groups is 5. The van der Waals surface area contributed by atoms with E-state index < -0.39 is 40.7 Å². The van der Waals surface area contributed by atoms with Gasteiger partial charge in [-0.25, -0.2) is 4.79 Å². The number of aliphatic carboxylic acids is 1.